The Bertz CT molecular complexity index is 885. The van der Waals surface area contributed by atoms with Gasteiger partial charge in [0, 0.05) is 13.8 Å². The van der Waals surface area contributed by atoms with Crippen LogP contribution in [0.4, 0.5) is 0 Å². The van der Waals surface area contributed by atoms with E-state index < -0.39 is 24.1 Å². The summed E-state index contributed by atoms with van der Waals surface area (Å²) in [7, 11) is 0. The third kappa shape index (κ3) is 3.57. The molecule has 2 aromatic rings. The van der Waals surface area contributed by atoms with E-state index in [0.29, 0.717) is 26.7 Å². The second-order valence-electron chi connectivity index (χ2n) is 6.43. The number of hydrogen-bond acceptors (Lipinski definition) is 5. The van der Waals surface area contributed by atoms with Crippen molar-refractivity contribution in [3.63, 3.8) is 0 Å². The Labute approximate surface area is 168 Å². The fourth-order valence-corrected chi connectivity index (χ4v) is 4.49. The maximum Gasteiger partial charge on any atom is 0.303 e. The van der Waals surface area contributed by atoms with Crippen molar-refractivity contribution >= 4 is 62.1 Å². The van der Waals surface area contributed by atoms with Crippen molar-refractivity contribution in [2.45, 2.75) is 45.4 Å². The minimum atomic E-state index is -0.630. The minimum Gasteiger partial charge on any atom is -0.458 e. The van der Waals surface area contributed by atoms with Gasteiger partial charge in [-0.3, -0.25) is 9.59 Å². The van der Waals surface area contributed by atoms with Gasteiger partial charge in [-0.05, 0) is 40.4 Å². The first-order chi connectivity index (χ1) is 12.2. The maximum absolute atomic E-state index is 11.7. The summed E-state index contributed by atoms with van der Waals surface area (Å²) in [5, 5.41) is 0.810. The predicted octanol–water partition coefficient (Wildman–Crippen LogP) is 4.55. The molecule has 0 radical (unpaired) electrons. The number of imidazole rings is 1. The Morgan fingerprint density at radius 1 is 1.15 bits per heavy atom. The summed E-state index contributed by atoms with van der Waals surface area (Å²) in [5.74, 6) is -0.850. The van der Waals surface area contributed by atoms with Crippen molar-refractivity contribution in [3.05, 3.63) is 26.9 Å². The zero-order valence-corrected chi connectivity index (χ0v) is 17.4. The van der Waals surface area contributed by atoms with E-state index >= 15 is 0 Å². The second-order valence-corrected chi connectivity index (χ2v) is 7.96. The third-order valence-corrected chi connectivity index (χ3v) is 5.78. The van der Waals surface area contributed by atoms with E-state index in [0.717, 1.165) is 5.52 Å². The van der Waals surface area contributed by atoms with Gasteiger partial charge in [0.05, 0.1) is 27.1 Å². The first-order valence-electron chi connectivity index (χ1n) is 8.06. The number of carbonyl (C=O) groups is 2. The molecular weight excluding hydrogens is 447 g/mol. The first-order valence-corrected chi connectivity index (χ1v) is 9.60. The van der Waals surface area contributed by atoms with Crippen LogP contribution in [0.2, 0.25) is 10.0 Å². The van der Waals surface area contributed by atoms with Crippen molar-refractivity contribution in [2.24, 2.45) is 5.92 Å². The van der Waals surface area contributed by atoms with Crippen LogP contribution in [0.5, 0.6) is 0 Å². The molecule has 26 heavy (non-hydrogen) atoms. The van der Waals surface area contributed by atoms with Gasteiger partial charge in [0.15, 0.2) is 10.8 Å². The van der Waals surface area contributed by atoms with E-state index in [-0.39, 0.29) is 12.0 Å². The quantitative estimate of drug-likeness (QED) is 0.624. The van der Waals surface area contributed by atoms with E-state index in [1.165, 1.54) is 13.8 Å². The van der Waals surface area contributed by atoms with E-state index in [4.69, 9.17) is 32.7 Å². The van der Waals surface area contributed by atoms with Gasteiger partial charge < -0.3 is 14.0 Å². The molecule has 4 unspecified atom stereocenters. The topological polar surface area (TPSA) is 70.4 Å². The van der Waals surface area contributed by atoms with Crippen LogP contribution in [0.15, 0.2) is 16.9 Å². The summed E-state index contributed by atoms with van der Waals surface area (Å²) in [5.41, 5.74) is 1.42. The number of hydrogen-bond donors (Lipinski definition) is 0. The number of benzene rings is 1. The zero-order chi connectivity index (χ0) is 19.2. The molecule has 9 heteroatoms. The van der Waals surface area contributed by atoms with Gasteiger partial charge in [0.2, 0.25) is 0 Å². The molecule has 140 valence electrons. The fraction of sp³-hybridized carbons (Fsp3) is 0.471. The lowest BCUT2D eigenvalue weighted by Crippen LogP contribution is -2.36. The van der Waals surface area contributed by atoms with Crippen molar-refractivity contribution < 1.29 is 19.1 Å². The summed E-state index contributed by atoms with van der Waals surface area (Å²) in [6.45, 7) is 4.64. The normalized spacial score (nSPS) is 25.5. The highest BCUT2D eigenvalue weighted by molar-refractivity contribution is 9.10. The van der Waals surface area contributed by atoms with Gasteiger partial charge >= 0.3 is 11.9 Å². The first kappa shape index (κ1) is 19.5. The molecule has 6 nitrogen and oxygen atoms in total. The van der Waals surface area contributed by atoms with Crippen molar-refractivity contribution in [1.29, 1.82) is 0 Å². The molecule has 1 aliphatic carbocycles. The zero-order valence-electron chi connectivity index (χ0n) is 14.3. The van der Waals surface area contributed by atoms with Gasteiger partial charge in [0.1, 0.15) is 6.10 Å². The smallest absolute Gasteiger partial charge is 0.303 e. The van der Waals surface area contributed by atoms with E-state index in [9.17, 15) is 9.59 Å². The van der Waals surface area contributed by atoms with E-state index in [1.807, 2.05) is 11.5 Å². The lowest BCUT2D eigenvalue weighted by Gasteiger charge is -2.26. The van der Waals surface area contributed by atoms with Gasteiger partial charge in [-0.1, -0.05) is 30.1 Å². The molecule has 0 saturated heterocycles. The van der Waals surface area contributed by atoms with Gasteiger partial charge in [-0.15, -0.1) is 0 Å². The Kier molecular flexibility index (Phi) is 5.51. The molecule has 4 atom stereocenters. The average Bonchev–Trinajstić information content (AvgIpc) is 2.97. The predicted molar refractivity (Wildman–Crippen MR) is 101 cm³/mol. The van der Waals surface area contributed by atoms with Crippen LogP contribution in [0, 0.1) is 5.92 Å². The second kappa shape index (κ2) is 7.37. The monoisotopic (exact) mass is 462 g/mol. The number of nitrogens with zero attached hydrogens (tertiary/aromatic N) is 2. The van der Waals surface area contributed by atoms with Gasteiger partial charge in [-0.25, -0.2) is 4.98 Å². The Hall–Kier alpha value is -1.31. The van der Waals surface area contributed by atoms with Crippen LogP contribution in [-0.2, 0) is 19.1 Å². The number of carbonyl (C=O) groups excluding carboxylic acids is 2. The number of esters is 2. The van der Waals surface area contributed by atoms with E-state index in [2.05, 4.69) is 20.9 Å². The third-order valence-electron chi connectivity index (χ3n) is 4.50. The number of rotatable bonds is 3. The van der Waals surface area contributed by atoms with Crippen LogP contribution in [0.1, 0.15) is 33.2 Å². The Balaban J connectivity index is 2.10. The molecule has 0 amide bonds. The SMILES string of the molecule is CC(=O)OC1C(C)CC(n2c(Br)nc3cc(Cl)c(Cl)cc32)C1OC(C)=O. The molecule has 1 saturated carbocycles. The molecule has 1 fully saturated rings. The summed E-state index contributed by atoms with van der Waals surface area (Å²) in [4.78, 5) is 27.6. The van der Waals surface area contributed by atoms with Crippen LogP contribution < -0.4 is 0 Å². The Morgan fingerprint density at radius 3 is 2.35 bits per heavy atom. The molecular formula is C17H17BrCl2N2O4. The number of halogens is 3. The average molecular weight is 464 g/mol. The molecule has 0 spiro atoms. The molecule has 0 bridgehead atoms. The molecule has 1 aromatic heterocycles. The minimum absolute atomic E-state index is 0.000345. The van der Waals surface area contributed by atoms with E-state index in [1.54, 1.807) is 12.1 Å². The number of aromatic nitrogens is 2. The highest BCUT2D eigenvalue weighted by Gasteiger charge is 2.47. The molecule has 1 aliphatic rings. The summed E-state index contributed by atoms with van der Waals surface area (Å²) in [6.07, 6.45) is -0.525. The highest BCUT2D eigenvalue weighted by Crippen LogP contribution is 2.43. The molecule has 0 N–H and O–H groups in total. The van der Waals surface area contributed by atoms with Crippen LogP contribution in [-0.4, -0.2) is 33.7 Å². The molecule has 0 aliphatic heterocycles. The number of ether oxygens (including phenoxy) is 2. The summed E-state index contributed by atoms with van der Waals surface area (Å²) < 4.78 is 13.5. The van der Waals surface area contributed by atoms with Crippen molar-refractivity contribution in [2.75, 3.05) is 0 Å². The van der Waals surface area contributed by atoms with Crippen molar-refractivity contribution in [1.82, 2.24) is 9.55 Å². The molecule has 1 heterocycles. The van der Waals surface area contributed by atoms with Gasteiger partial charge in [-0.2, -0.15) is 0 Å². The lowest BCUT2D eigenvalue weighted by atomic mass is 10.1. The van der Waals surface area contributed by atoms with Crippen LogP contribution in [0.25, 0.3) is 11.0 Å². The molecule has 3 rings (SSSR count). The molecule has 1 aromatic carbocycles. The summed E-state index contributed by atoms with van der Waals surface area (Å²) >= 11 is 15.7. The lowest BCUT2D eigenvalue weighted by molar-refractivity contribution is -0.166. The highest BCUT2D eigenvalue weighted by atomic mass is 79.9. The van der Waals surface area contributed by atoms with Crippen LogP contribution >= 0.6 is 39.1 Å². The number of fused-ring (bicyclic) bond motifs is 1. The largest absolute Gasteiger partial charge is 0.458 e. The van der Waals surface area contributed by atoms with Crippen LogP contribution in [0.3, 0.4) is 0 Å². The maximum atomic E-state index is 11.7. The Morgan fingerprint density at radius 2 is 1.73 bits per heavy atom. The standard InChI is InChI=1S/C17H17BrCl2N2O4/c1-7-4-14(16(26-9(3)24)15(7)25-8(2)23)22-13-6-11(20)10(19)5-12(13)21-17(22)18/h5-7,14-16H,4H2,1-3H3. The van der Waals surface area contributed by atoms with Crippen molar-refractivity contribution in [3.8, 4) is 0 Å². The fourth-order valence-electron chi connectivity index (χ4n) is 3.53. The summed E-state index contributed by atoms with van der Waals surface area (Å²) in [6, 6.07) is 3.14. The van der Waals surface area contributed by atoms with Gasteiger partial charge in [0.25, 0.3) is 0 Å².